The smallest absolute Gasteiger partial charge is 0.308 e. The number of H-pyrrole nitrogens is 1. The van der Waals surface area contributed by atoms with E-state index in [2.05, 4.69) is 4.98 Å². The van der Waals surface area contributed by atoms with Crippen LogP contribution in [0.1, 0.15) is 17.3 Å². The van der Waals surface area contributed by atoms with Crippen LogP contribution in [0.3, 0.4) is 0 Å². The molecule has 1 N–H and O–H groups in total. The van der Waals surface area contributed by atoms with Gasteiger partial charge in [0.2, 0.25) is 0 Å². The molecule has 144 valence electrons. The predicted molar refractivity (Wildman–Crippen MR) is 107 cm³/mol. The lowest BCUT2D eigenvalue weighted by atomic mass is 10.1. The van der Waals surface area contributed by atoms with Crippen molar-refractivity contribution in [3.05, 3.63) is 64.2 Å². The molecule has 2 aromatic carbocycles. The summed E-state index contributed by atoms with van der Waals surface area (Å²) >= 11 is 1.47. The van der Waals surface area contributed by atoms with Crippen molar-refractivity contribution in [3.63, 3.8) is 0 Å². The molecule has 1 aromatic heterocycles. The van der Waals surface area contributed by atoms with E-state index in [0.717, 1.165) is 4.90 Å². The molecule has 3 rings (SSSR count). The van der Waals surface area contributed by atoms with Crippen LogP contribution in [0, 0.1) is 5.82 Å². The Balaban J connectivity index is 2.21. The van der Waals surface area contributed by atoms with Crippen molar-refractivity contribution < 1.29 is 18.7 Å². The van der Waals surface area contributed by atoms with E-state index in [1.165, 1.54) is 54.9 Å². The fraction of sp³-hybridized carbons (Fsp3) is 0.150. The molecule has 0 fully saturated rings. The summed E-state index contributed by atoms with van der Waals surface area (Å²) in [4.78, 5) is 42.1. The highest BCUT2D eigenvalue weighted by atomic mass is 32.2. The number of hydrogen-bond donors (Lipinski definition) is 1. The summed E-state index contributed by atoms with van der Waals surface area (Å²) in [6.45, 7) is 1.20. The molecule has 6 nitrogen and oxygen atoms in total. The second-order valence-electron chi connectivity index (χ2n) is 6.00. The SMILES string of the molecule is CSc1ccc2[nH]c(=O)c(C(=O)N(C)c3ccc(F)cc3)c(OC(C)=O)c2c1. The molecule has 0 saturated carbocycles. The Morgan fingerprint density at radius 3 is 2.43 bits per heavy atom. The summed E-state index contributed by atoms with van der Waals surface area (Å²) in [5.41, 5.74) is -0.148. The van der Waals surface area contributed by atoms with Gasteiger partial charge in [0, 0.05) is 29.9 Å². The molecule has 0 aliphatic rings. The van der Waals surface area contributed by atoms with E-state index in [1.54, 1.807) is 12.1 Å². The average Bonchev–Trinajstić information content (AvgIpc) is 2.67. The molecular weight excluding hydrogens is 383 g/mol. The topological polar surface area (TPSA) is 79.5 Å². The number of amides is 1. The van der Waals surface area contributed by atoms with Crippen molar-refractivity contribution in [2.24, 2.45) is 0 Å². The Labute approximate surface area is 164 Å². The minimum atomic E-state index is -0.681. The van der Waals surface area contributed by atoms with Crippen LogP contribution in [-0.4, -0.2) is 30.2 Å². The van der Waals surface area contributed by atoms with Gasteiger partial charge in [-0.2, -0.15) is 0 Å². The van der Waals surface area contributed by atoms with Crippen molar-refractivity contribution in [1.29, 1.82) is 0 Å². The van der Waals surface area contributed by atoms with Gasteiger partial charge in [0.1, 0.15) is 11.4 Å². The van der Waals surface area contributed by atoms with Gasteiger partial charge in [-0.15, -0.1) is 11.8 Å². The maximum absolute atomic E-state index is 13.2. The van der Waals surface area contributed by atoms with Gasteiger partial charge in [-0.25, -0.2) is 4.39 Å². The minimum absolute atomic E-state index is 0.0962. The number of anilines is 1. The fourth-order valence-corrected chi connectivity index (χ4v) is 3.20. The third-order valence-electron chi connectivity index (χ3n) is 4.15. The summed E-state index contributed by atoms with van der Waals surface area (Å²) < 4.78 is 18.5. The Bertz CT molecular complexity index is 1130. The van der Waals surface area contributed by atoms with Crippen molar-refractivity contribution in [3.8, 4) is 5.75 Å². The predicted octanol–water partition coefficient (Wildman–Crippen LogP) is 3.59. The molecule has 3 aromatic rings. The molecule has 8 heteroatoms. The van der Waals surface area contributed by atoms with Crippen molar-refractivity contribution >= 4 is 40.2 Å². The van der Waals surface area contributed by atoms with Gasteiger partial charge in [0.25, 0.3) is 11.5 Å². The number of hydrogen-bond acceptors (Lipinski definition) is 5. The molecule has 0 spiro atoms. The van der Waals surface area contributed by atoms with Gasteiger partial charge in [-0.1, -0.05) is 0 Å². The van der Waals surface area contributed by atoms with Crippen molar-refractivity contribution in [2.75, 3.05) is 18.2 Å². The van der Waals surface area contributed by atoms with Crippen LogP contribution in [0.15, 0.2) is 52.2 Å². The van der Waals surface area contributed by atoms with Crippen LogP contribution in [0.25, 0.3) is 10.9 Å². The number of pyridine rings is 1. The number of nitrogens with one attached hydrogen (secondary N) is 1. The number of carbonyl (C=O) groups excluding carboxylic acids is 2. The first kappa shape index (κ1) is 19.6. The maximum Gasteiger partial charge on any atom is 0.308 e. The first-order valence-electron chi connectivity index (χ1n) is 8.28. The third kappa shape index (κ3) is 3.77. The number of halogens is 1. The number of thioether (sulfide) groups is 1. The summed E-state index contributed by atoms with van der Waals surface area (Å²) in [7, 11) is 1.45. The summed E-state index contributed by atoms with van der Waals surface area (Å²) in [5, 5.41) is 0.442. The molecule has 0 bridgehead atoms. The lowest BCUT2D eigenvalue weighted by Gasteiger charge is -2.19. The maximum atomic E-state index is 13.2. The lowest BCUT2D eigenvalue weighted by molar-refractivity contribution is -0.131. The van der Waals surface area contributed by atoms with Gasteiger partial charge >= 0.3 is 5.97 Å². The Morgan fingerprint density at radius 1 is 1.14 bits per heavy atom. The Morgan fingerprint density at radius 2 is 1.82 bits per heavy atom. The highest BCUT2D eigenvalue weighted by Gasteiger charge is 2.25. The summed E-state index contributed by atoms with van der Waals surface area (Å²) in [5.74, 6) is -1.88. The number of aromatic nitrogens is 1. The second kappa shape index (κ2) is 7.85. The standard InChI is InChI=1S/C20H17FN2O4S/c1-11(24)27-18-15-10-14(28-3)8-9-16(15)22-19(25)17(18)20(26)23(2)13-6-4-12(21)5-7-13/h4-10H,1-3H3,(H,22,25). The zero-order valence-corrected chi connectivity index (χ0v) is 16.2. The van der Waals surface area contributed by atoms with Crippen LogP contribution in [-0.2, 0) is 4.79 Å². The first-order valence-corrected chi connectivity index (χ1v) is 9.50. The normalized spacial score (nSPS) is 10.7. The van der Waals surface area contributed by atoms with Crippen molar-refractivity contribution in [1.82, 2.24) is 4.98 Å². The van der Waals surface area contributed by atoms with Crippen LogP contribution in [0.4, 0.5) is 10.1 Å². The van der Waals surface area contributed by atoms with Crippen LogP contribution >= 0.6 is 11.8 Å². The van der Waals surface area contributed by atoms with Crippen LogP contribution in [0.5, 0.6) is 5.75 Å². The van der Waals surface area contributed by atoms with E-state index < -0.39 is 23.3 Å². The first-order chi connectivity index (χ1) is 13.3. The van der Waals surface area contributed by atoms with E-state index in [1.807, 2.05) is 12.3 Å². The number of esters is 1. The summed E-state index contributed by atoms with van der Waals surface area (Å²) in [6.07, 6.45) is 1.88. The van der Waals surface area contributed by atoms with Gasteiger partial charge in [-0.05, 0) is 48.7 Å². The van der Waals surface area contributed by atoms with Gasteiger partial charge in [-0.3, -0.25) is 14.4 Å². The highest BCUT2D eigenvalue weighted by molar-refractivity contribution is 7.98. The number of fused-ring (bicyclic) bond motifs is 1. The highest BCUT2D eigenvalue weighted by Crippen LogP contribution is 2.31. The van der Waals surface area contributed by atoms with E-state index in [4.69, 9.17) is 4.74 Å². The average molecular weight is 400 g/mol. The number of ether oxygens (including phenoxy) is 1. The van der Waals surface area contributed by atoms with E-state index in [0.29, 0.717) is 16.6 Å². The van der Waals surface area contributed by atoms with Crippen molar-refractivity contribution in [2.45, 2.75) is 11.8 Å². The molecule has 0 aliphatic heterocycles. The summed E-state index contributed by atoms with van der Waals surface area (Å²) in [6, 6.07) is 10.5. The molecular formula is C20H17FN2O4S. The molecule has 0 aliphatic carbocycles. The Hall–Kier alpha value is -3.13. The monoisotopic (exact) mass is 400 g/mol. The number of aromatic amines is 1. The number of carbonyl (C=O) groups is 2. The molecule has 0 radical (unpaired) electrons. The lowest BCUT2D eigenvalue weighted by Crippen LogP contribution is -2.32. The molecule has 1 amide bonds. The Kier molecular flexibility index (Phi) is 5.51. The van der Waals surface area contributed by atoms with Gasteiger partial charge < -0.3 is 14.6 Å². The molecule has 28 heavy (non-hydrogen) atoms. The quantitative estimate of drug-likeness (QED) is 0.535. The largest absolute Gasteiger partial charge is 0.425 e. The van der Waals surface area contributed by atoms with E-state index in [9.17, 15) is 18.8 Å². The number of rotatable bonds is 4. The molecule has 0 atom stereocenters. The van der Waals surface area contributed by atoms with Crippen LogP contribution < -0.4 is 15.2 Å². The molecule has 0 unspecified atom stereocenters. The minimum Gasteiger partial charge on any atom is -0.425 e. The van der Waals surface area contributed by atoms with Gasteiger partial charge in [0.15, 0.2) is 5.75 Å². The van der Waals surface area contributed by atoms with Crippen LogP contribution in [0.2, 0.25) is 0 Å². The number of nitrogens with zero attached hydrogens (tertiary/aromatic N) is 1. The number of benzene rings is 2. The zero-order chi connectivity index (χ0) is 20.4. The zero-order valence-electron chi connectivity index (χ0n) is 15.4. The van der Waals surface area contributed by atoms with E-state index in [-0.39, 0.29) is 11.3 Å². The third-order valence-corrected chi connectivity index (χ3v) is 4.88. The molecule has 0 saturated heterocycles. The fourth-order valence-electron chi connectivity index (χ4n) is 2.76. The van der Waals surface area contributed by atoms with Gasteiger partial charge in [0.05, 0.1) is 5.52 Å². The second-order valence-corrected chi connectivity index (χ2v) is 6.88. The molecule has 1 heterocycles. The van der Waals surface area contributed by atoms with E-state index >= 15 is 0 Å².